The molecule has 0 heterocycles. The molecule has 0 amide bonds. The van der Waals surface area contributed by atoms with Gasteiger partial charge in [-0.25, -0.2) is 0 Å². The van der Waals surface area contributed by atoms with Crippen molar-refractivity contribution in [2.45, 2.75) is 20.3 Å². The van der Waals surface area contributed by atoms with E-state index < -0.39 is 0 Å². The summed E-state index contributed by atoms with van der Waals surface area (Å²) >= 11 is 0. The molecule has 0 aliphatic rings. The zero-order valence-corrected chi connectivity index (χ0v) is 11.0. The molecule has 0 unspecified atom stereocenters. The van der Waals surface area contributed by atoms with Crippen molar-refractivity contribution in [2.24, 2.45) is 0 Å². The first kappa shape index (κ1) is 12.5. The Balaban J connectivity index is 1.94. The summed E-state index contributed by atoms with van der Waals surface area (Å²) in [7, 11) is 0. The molecule has 2 aromatic rings. The van der Waals surface area contributed by atoms with Gasteiger partial charge in [0.05, 0.1) is 0 Å². The van der Waals surface area contributed by atoms with Gasteiger partial charge in [-0.15, -0.1) is 0 Å². The quantitative estimate of drug-likeness (QED) is 0.802. The van der Waals surface area contributed by atoms with Crippen LogP contribution in [-0.4, -0.2) is 6.54 Å². The summed E-state index contributed by atoms with van der Waals surface area (Å²) in [5.41, 5.74) is 11.6. The van der Waals surface area contributed by atoms with Crippen molar-refractivity contribution < 1.29 is 0 Å². The molecule has 18 heavy (non-hydrogen) atoms. The van der Waals surface area contributed by atoms with Gasteiger partial charge >= 0.3 is 0 Å². The van der Waals surface area contributed by atoms with Crippen LogP contribution in [0.5, 0.6) is 0 Å². The average molecular weight is 240 g/mol. The van der Waals surface area contributed by atoms with Crippen LogP contribution >= 0.6 is 0 Å². The van der Waals surface area contributed by atoms with E-state index in [1.54, 1.807) is 0 Å². The second kappa shape index (κ2) is 5.58. The van der Waals surface area contributed by atoms with Crippen LogP contribution in [0.25, 0.3) is 0 Å². The summed E-state index contributed by atoms with van der Waals surface area (Å²) in [5, 5.41) is 3.44. The lowest BCUT2D eigenvalue weighted by atomic mass is 10.1. The fourth-order valence-corrected chi connectivity index (χ4v) is 2.04. The van der Waals surface area contributed by atoms with Gasteiger partial charge in [-0.2, -0.15) is 0 Å². The molecule has 2 aromatic carbocycles. The topological polar surface area (TPSA) is 38.0 Å². The van der Waals surface area contributed by atoms with E-state index in [1.165, 1.54) is 16.7 Å². The number of hydrogen-bond acceptors (Lipinski definition) is 2. The lowest BCUT2D eigenvalue weighted by molar-refractivity contribution is 1.01. The Kier molecular flexibility index (Phi) is 3.88. The number of benzene rings is 2. The van der Waals surface area contributed by atoms with Crippen molar-refractivity contribution >= 4 is 11.4 Å². The van der Waals surface area contributed by atoms with E-state index in [4.69, 9.17) is 5.73 Å². The first-order valence-electron chi connectivity index (χ1n) is 6.31. The predicted molar refractivity (Wildman–Crippen MR) is 79.0 cm³/mol. The molecule has 94 valence electrons. The zero-order valence-electron chi connectivity index (χ0n) is 11.0. The van der Waals surface area contributed by atoms with Crippen LogP contribution < -0.4 is 11.1 Å². The third kappa shape index (κ3) is 3.27. The second-order valence-corrected chi connectivity index (χ2v) is 4.74. The minimum absolute atomic E-state index is 0.804. The van der Waals surface area contributed by atoms with Gasteiger partial charge in [-0.05, 0) is 43.5 Å². The van der Waals surface area contributed by atoms with Crippen LogP contribution in [0.2, 0.25) is 0 Å². The van der Waals surface area contributed by atoms with Gasteiger partial charge in [-0.1, -0.05) is 35.9 Å². The van der Waals surface area contributed by atoms with Gasteiger partial charge in [0.15, 0.2) is 0 Å². The summed E-state index contributed by atoms with van der Waals surface area (Å²) in [6.07, 6.45) is 1.02. The number of hydrogen-bond donors (Lipinski definition) is 2. The van der Waals surface area contributed by atoms with Crippen LogP contribution in [0.15, 0.2) is 42.5 Å². The monoisotopic (exact) mass is 240 g/mol. The van der Waals surface area contributed by atoms with E-state index in [9.17, 15) is 0 Å². The van der Waals surface area contributed by atoms with Crippen molar-refractivity contribution in [1.82, 2.24) is 0 Å². The van der Waals surface area contributed by atoms with Gasteiger partial charge < -0.3 is 11.1 Å². The smallest absolute Gasteiger partial charge is 0.0390 e. The van der Waals surface area contributed by atoms with E-state index in [2.05, 4.69) is 43.4 Å². The third-order valence-electron chi connectivity index (χ3n) is 3.07. The van der Waals surface area contributed by atoms with E-state index >= 15 is 0 Å². The summed E-state index contributed by atoms with van der Waals surface area (Å²) < 4.78 is 0. The standard InChI is InChI=1S/C16H20N2/c1-12-4-3-5-14(10-12)8-9-18-16-11-15(17)7-6-13(16)2/h3-7,10-11,18H,8-9,17H2,1-2H3. The minimum Gasteiger partial charge on any atom is -0.399 e. The van der Waals surface area contributed by atoms with Crippen molar-refractivity contribution in [2.75, 3.05) is 17.6 Å². The van der Waals surface area contributed by atoms with Gasteiger partial charge in [0, 0.05) is 17.9 Å². The molecule has 0 radical (unpaired) electrons. The molecular weight excluding hydrogens is 220 g/mol. The van der Waals surface area contributed by atoms with Crippen molar-refractivity contribution in [3.63, 3.8) is 0 Å². The van der Waals surface area contributed by atoms with E-state index in [0.29, 0.717) is 0 Å². The Morgan fingerprint density at radius 2 is 1.89 bits per heavy atom. The molecule has 0 spiro atoms. The van der Waals surface area contributed by atoms with Crippen LogP contribution in [0.1, 0.15) is 16.7 Å². The number of aryl methyl sites for hydroxylation is 2. The Morgan fingerprint density at radius 3 is 2.67 bits per heavy atom. The van der Waals surface area contributed by atoms with Crippen molar-refractivity contribution in [1.29, 1.82) is 0 Å². The molecular formula is C16H20N2. The van der Waals surface area contributed by atoms with Gasteiger partial charge in [0.25, 0.3) is 0 Å². The molecule has 0 saturated heterocycles. The molecule has 0 saturated carbocycles. The molecule has 2 heteroatoms. The maximum atomic E-state index is 5.79. The molecule has 0 bridgehead atoms. The minimum atomic E-state index is 0.804. The number of rotatable bonds is 4. The molecule has 0 aliphatic heterocycles. The van der Waals surface area contributed by atoms with Gasteiger partial charge in [0.2, 0.25) is 0 Å². The normalized spacial score (nSPS) is 10.3. The van der Waals surface area contributed by atoms with E-state index in [-0.39, 0.29) is 0 Å². The highest BCUT2D eigenvalue weighted by Crippen LogP contribution is 2.18. The van der Waals surface area contributed by atoms with Gasteiger partial charge in [-0.3, -0.25) is 0 Å². The summed E-state index contributed by atoms with van der Waals surface area (Å²) in [4.78, 5) is 0. The second-order valence-electron chi connectivity index (χ2n) is 4.74. The van der Waals surface area contributed by atoms with E-state index in [1.807, 2.05) is 18.2 Å². The Bertz CT molecular complexity index is 532. The third-order valence-corrected chi connectivity index (χ3v) is 3.07. The number of nitrogen functional groups attached to an aromatic ring is 1. The molecule has 0 aliphatic carbocycles. The van der Waals surface area contributed by atoms with Gasteiger partial charge in [0.1, 0.15) is 0 Å². The Morgan fingerprint density at radius 1 is 1.06 bits per heavy atom. The predicted octanol–water partition coefficient (Wildman–Crippen LogP) is 3.54. The molecule has 2 nitrogen and oxygen atoms in total. The molecule has 0 atom stereocenters. The highest BCUT2D eigenvalue weighted by atomic mass is 14.9. The zero-order chi connectivity index (χ0) is 13.0. The Labute approximate surface area is 109 Å². The summed E-state index contributed by atoms with van der Waals surface area (Å²) in [6.45, 7) is 5.14. The number of nitrogens with one attached hydrogen (secondary N) is 1. The van der Waals surface area contributed by atoms with Crippen LogP contribution in [0, 0.1) is 13.8 Å². The van der Waals surface area contributed by atoms with Crippen molar-refractivity contribution in [3.8, 4) is 0 Å². The maximum Gasteiger partial charge on any atom is 0.0390 e. The molecule has 3 N–H and O–H groups in total. The first-order chi connectivity index (χ1) is 8.65. The maximum absolute atomic E-state index is 5.79. The summed E-state index contributed by atoms with van der Waals surface area (Å²) in [6, 6.07) is 14.6. The highest BCUT2D eigenvalue weighted by molar-refractivity contribution is 5.59. The average Bonchev–Trinajstić information content (AvgIpc) is 2.34. The van der Waals surface area contributed by atoms with Crippen molar-refractivity contribution in [3.05, 3.63) is 59.2 Å². The first-order valence-corrected chi connectivity index (χ1v) is 6.31. The number of nitrogens with two attached hydrogens (primary N) is 1. The lowest BCUT2D eigenvalue weighted by Crippen LogP contribution is -2.06. The fraction of sp³-hybridized carbons (Fsp3) is 0.250. The molecule has 0 fully saturated rings. The SMILES string of the molecule is Cc1cccc(CCNc2cc(N)ccc2C)c1. The molecule has 2 rings (SSSR count). The van der Waals surface area contributed by atoms with Crippen LogP contribution in [0.4, 0.5) is 11.4 Å². The highest BCUT2D eigenvalue weighted by Gasteiger charge is 1.99. The van der Waals surface area contributed by atoms with Crippen LogP contribution in [-0.2, 0) is 6.42 Å². The lowest BCUT2D eigenvalue weighted by Gasteiger charge is -2.10. The van der Waals surface area contributed by atoms with E-state index in [0.717, 1.165) is 24.3 Å². The largest absolute Gasteiger partial charge is 0.399 e. The summed E-state index contributed by atoms with van der Waals surface area (Å²) in [5.74, 6) is 0. The fourth-order valence-electron chi connectivity index (χ4n) is 2.04. The Hall–Kier alpha value is -1.96. The number of anilines is 2. The van der Waals surface area contributed by atoms with Crippen LogP contribution in [0.3, 0.4) is 0 Å². The molecule has 0 aromatic heterocycles.